The summed E-state index contributed by atoms with van der Waals surface area (Å²) < 4.78 is 0. The van der Waals surface area contributed by atoms with Crippen molar-refractivity contribution in [2.24, 2.45) is 5.41 Å². The van der Waals surface area contributed by atoms with Crippen LogP contribution in [0.15, 0.2) is 24.4 Å². The van der Waals surface area contributed by atoms with Gasteiger partial charge in [0.2, 0.25) is 0 Å². The molecule has 0 aliphatic heterocycles. The van der Waals surface area contributed by atoms with Gasteiger partial charge in [0.25, 0.3) is 0 Å². The predicted octanol–water partition coefficient (Wildman–Crippen LogP) is 2.44. The van der Waals surface area contributed by atoms with Crippen LogP contribution >= 0.6 is 11.6 Å². The summed E-state index contributed by atoms with van der Waals surface area (Å²) in [7, 11) is 0. The van der Waals surface area contributed by atoms with Crippen LogP contribution in [-0.2, 0) is 6.54 Å². The fraction of sp³-hybridized carbons (Fsp3) is 0.545. The minimum absolute atomic E-state index is 0.149. The van der Waals surface area contributed by atoms with Gasteiger partial charge in [-0.1, -0.05) is 19.9 Å². The van der Waals surface area contributed by atoms with Gasteiger partial charge in [-0.15, -0.1) is 11.6 Å². The quantitative estimate of drug-likeness (QED) is 0.759. The lowest BCUT2D eigenvalue weighted by molar-refractivity contribution is 0.384. The topological polar surface area (TPSA) is 24.9 Å². The van der Waals surface area contributed by atoms with Crippen molar-refractivity contribution < 1.29 is 0 Å². The average molecular weight is 213 g/mol. The highest BCUT2D eigenvalue weighted by molar-refractivity contribution is 6.18. The summed E-state index contributed by atoms with van der Waals surface area (Å²) in [5, 5.41) is 3.35. The average Bonchev–Trinajstić information content (AvgIpc) is 2.19. The molecule has 0 aliphatic carbocycles. The molecular formula is C11H17ClN2. The molecule has 0 amide bonds. The van der Waals surface area contributed by atoms with Crippen molar-refractivity contribution >= 4 is 11.6 Å². The molecule has 1 N–H and O–H groups in total. The number of alkyl halides is 1. The van der Waals surface area contributed by atoms with Gasteiger partial charge in [-0.25, -0.2) is 0 Å². The summed E-state index contributed by atoms with van der Waals surface area (Å²) in [5.74, 6) is 0.669. The molecule has 0 saturated heterocycles. The van der Waals surface area contributed by atoms with Gasteiger partial charge in [0.1, 0.15) is 0 Å². The number of rotatable bonds is 5. The molecule has 0 aromatic carbocycles. The maximum atomic E-state index is 5.82. The largest absolute Gasteiger partial charge is 0.311 e. The van der Waals surface area contributed by atoms with Crippen molar-refractivity contribution in [3.8, 4) is 0 Å². The van der Waals surface area contributed by atoms with E-state index in [2.05, 4.69) is 24.1 Å². The number of halogens is 1. The molecule has 1 heterocycles. The molecule has 0 atom stereocenters. The van der Waals surface area contributed by atoms with Crippen LogP contribution in [0, 0.1) is 5.41 Å². The van der Waals surface area contributed by atoms with Crippen molar-refractivity contribution in [1.82, 2.24) is 10.3 Å². The van der Waals surface area contributed by atoms with E-state index in [1.165, 1.54) is 0 Å². The minimum Gasteiger partial charge on any atom is -0.311 e. The summed E-state index contributed by atoms with van der Waals surface area (Å²) in [6.07, 6.45) is 1.81. The SMILES string of the molecule is CC(C)(CCl)CNCc1ccccn1. The predicted molar refractivity (Wildman–Crippen MR) is 60.4 cm³/mol. The van der Waals surface area contributed by atoms with Crippen LogP contribution in [-0.4, -0.2) is 17.4 Å². The lowest BCUT2D eigenvalue weighted by atomic mass is 9.96. The fourth-order valence-electron chi connectivity index (χ4n) is 1.08. The third-order valence-electron chi connectivity index (χ3n) is 2.00. The van der Waals surface area contributed by atoms with E-state index in [4.69, 9.17) is 11.6 Å². The van der Waals surface area contributed by atoms with Crippen LogP contribution in [0.1, 0.15) is 19.5 Å². The highest BCUT2D eigenvalue weighted by atomic mass is 35.5. The normalized spacial score (nSPS) is 11.6. The first-order valence-corrected chi connectivity index (χ1v) is 5.34. The number of nitrogens with zero attached hydrogens (tertiary/aromatic N) is 1. The molecule has 0 spiro atoms. The van der Waals surface area contributed by atoms with Crippen LogP contribution in [0.5, 0.6) is 0 Å². The van der Waals surface area contributed by atoms with Crippen LogP contribution in [0.4, 0.5) is 0 Å². The second-order valence-electron chi connectivity index (χ2n) is 4.22. The van der Waals surface area contributed by atoms with Gasteiger partial charge < -0.3 is 5.32 Å². The van der Waals surface area contributed by atoms with Gasteiger partial charge in [-0.05, 0) is 17.5 Å². The molecule has 3 heteroatoms. The first-order valence-electron chi connectivity index (χ1n) is 4.81. The Morgan fingerprint density at radius 3 is 2.79 bits per heavy atom. The molecule has 1 aromatic heterocycles. The molecule has 0 bridgehead atoms. The number of hydrogen-bond donors (Lipinski definition) is 1. The van der Waals surface area contributed by atoms with E-state index in [1.54, 1.807) is 0 Å². The summed E-state index contributed by atoms with van der Waals surface area (Å²) in [5.41, 5.74) is 1.22. The molecule has 2 nitrogen and oxygen atoms in total. The monoisotopic (exact) mass is 212 g/mol. The molecule has 1 aromatic rings. The third-order valence-corrected chi connectivity index (χ3v) is 2.72. The first kappa shape index (κ1) is 11.5. The Labute approximate surface area is 90.7 Å². The van der Waals surface area contributed by atoms with Gasteiger partial charge in [-0.2, -0.15) is 0 Å². The molecular weight excluding hydrogens is 196 g/mol. The van der Waals surface area contributed by atoms with Crippen LogP contribution in [0.2, 0.25) is 0 Å². The summed E-state index contributed by atoms with van der Waals surface area (Å²) in [6.45, 7) is 6.01. The molecule has 14 heavy (non-hydrogen) atoms. The standard InChI is InChI=1S/C11H17ClN2/c1-11(2,8-12)9-13-7-10-5-3-4-6-14-10/h3-6,13H,7-9H2,1-2H3. The summed E-state index contributed by atoms with van der Waals surface area (Å²) in [4.78, 5) is 4.23. The molecule has 0 aliphatic rings. The van der Waals surface area contributed by atoms with Crippen molar-refractivity contribution in [3.63, 3.8) is 0 Å². The van der Waals surface area contributed by atoms with Crippen molar-refractivity contribution in [2.75, 3.05) is 12.4 Å². The second-order valence-corrected chi connectivity index (χ2v) is 4.49. The summed E-state index contributed by atoms with van der Waals surface area (Å²) >= 11 is 5.82. The Hall–Kier alpha value is -0.600. The van der Waals surface area contributed by atoms with Gasteiger partial charge in [0.15, 0.2) is 0 Å². The highest BCUT2D eigenvalue weighted by Gasteiger charge is 2.15. The Morgan fingerprint density at radius 2 is 2.21 bits per heavy atom. The molecule has 0 radical (unpaired) electrons. The third kappa shape index (κ3) is 4.07. The zero-order valence-electron chi connectivity index (χ0n) is 8.76. The summed E-state index contributed by atoms with van der Waals surface area (Å²) in [6, 6.07) is 5.93. The van der Waals surface area contributed by atoms with Gasteiger partial charge in [0.05, 0.1) is 5.69 Å². The second kappa shape index (κ2) is 5.32. The maximum Gasteiger partial charge on any atom is 0.0541 e. The van der Waals surface area contributed by atoms with E-state index in [0.717, 1.165) is 18.8 Å². The minimum atomic E-state index is 0.149. The fourth-order valence-corrected chi connectivity index (χ4v) is 1.17. The molecule has 0 unspecified atom stereocenters. The Morgan fingerprint density at radius 1 is 1.43 bits per heavy atom. The molecule has 0 saturated carbocycles. The van der Waals surface area contributed by atoms with Crippen LogP contribution < -0.4 is 5.32 Å². The first-order chi connectivity index (χ1) is 6.64. The van der Waals surface area contributed by atoms with Gasteiger partial charge in [-0.3, -0.25) is 4.98 Å². The smallest absolute Gasteiger partial charge is 0.0541 e. The van der Waals surface area contributed by atoms with E-state index in [1.807, 2.05) is 24.4 Å². The van der Waals surface area contributed by atoms with Gasteiger partial charge in [0, 0.05) is 25.2 Å². The van der Waals surface area contributed by atoms with E-state index in [-0.39, 0.29) is 5.41 Å². The zero-order valence-corrected chi connectivity index (χ0v) is 9.51. The molecule has 1 rings (SSSR count). The van der Waals surface area contributed by atoms with Crippen molar-refractivity contribution in [1.29, 1.82) is 0 Å². The van der Waals surface area contributed by atoms with Crippen LogP contribution in [0.3, 0.4) is 0 Å². The maximum absolute atomic E-state index is 5.82. The van der Waals surface area contributed by atoms with E-state index in [0.29, 0.717) is 5.88 Å². The zero-order chi connectivity index (χ0) is 10.4. The van der Waals surface area contributed by atoms with Gasteiger partial charge >= 0.3 is 0 Å². The highest BCUT2D eigenvalue weighted by Crippen LogP contribution is 2.15. The lowest BCUT2D eigenvalue weighted by Crippen LogP contribution is -2.30. The Kier molecular flexibility index (Phi) is 4.36. The van der Waals surface area contributed by atoms with E-state index < -0.39 is 0 Å². The Bertz CT molecular complexity index is 259. The Balaban J connectivity index is 2.29. The van der Waals surface area contributed by atoms with Crippen molar-refractivity contribution in [2.45, 2.75) is 20.4 Å². The number of aromatic nitrogens is 1. The lowest BCUT2D eigenvalue weighted by Gasteiger charge is -2.21. The number of nitrogens with one attached hydrogen (secondary N) is 1. The van der Waals surface area contributed by atoms with E-state index >= 15 is 0 Å². The molecule has 0 fully saturated rings. The number of hydrogen-bond acceptors (Lipinski definition) is 2. The van der Waals surface area contributed by atoms with Crippen molar-refractivity contribution in [3.05, 3.63) is 30.1 Å². The molecule has 78 valence electrons. The number of pyridine rings is 1. The van der Waals surface area contributed by atoms with Crippen LogP contribution in [0.25, 0.3) is 0 Å². The van der Waals surface area contributed by atoms with E-state index in [9.17, 15) is 0 Å².